The second-order valence-electron chi connectivity index (χ2n) is 4.95. The molecule has 106 valence electrons. The standard InChI is InChI=1S/C17H20BrNO/c1-4-20-16-8-5-11(2)9-15(16)17(19)14-10-13(18)7-6-12(14)3/h5-10,17H,4,19H2,1-3H3. The largest absolute Gasteiger partial charge is 0.494 e. The smallest absolute Gasteiger partial charge is 0.124 e. The SMILES string of the molecule is CCOc1ccc(C)cc1C(N)c1cc(Br)ccc1C. The average molecular weight is 334 g/mol. The fourth-order valence-corrected chi connectivity index (χ4v) is 2.69. The highest BCUT2D eigenvalue weighted by molar-refractivity contribution is 9.10. The summed E-state index contributed by atoms with van der Waals surface area (Å²) in [4.78, 5) is 0. The second kappa shape index (κ2) is 6.42. The van der Waals surface area contributed by atoms with Crippen LogP contribution in [-0.4, -0.2) is 6.61 Å². The molecule has 20 heavy (non-hydrogen) atoms. The summed E-state index contributed by atoms with van der Waals surface area (Å²) in [6, 6.07) is 12.2. The zero-order valence-electron chi connectivity index (χ0n) is 12.1. The predicted octanol–water partition coefficient (Wildman–Crippen LogP) is 4.51. The first-order valence-electron chi connectivity index (χ1n) is 6.78. The van der Waals surface area contributed by atoms with Gasteiger partial charge in [-0.15, -0.1) is 0 Å². The molecular weight excluding hydrogens is 314 g/mol. The van der Waals surface area contributed by atoms with Gasteiger partial charge in [-0.1, -0.05) is 39.7 Å². The fraction of sp³-hybridized carbons (Fsp3) is 0.294. The Kier molecular flexibility index (Phi) is 4.84. The van der Waals surface area contributed by atoms with Crippen LogP contribution >= 0.6 is 15.9 Å². The Labute approximate surface area is 129 Å². The van der Waals surface area contributed by atoms with Crippen molar-refractivity contribution in [1.82, 2.24) is 0 Å². The second-order valence-corrected chi connectivity index (χ2v) is 5.87. The first kappa shape index (κ1) is 15.1. The topological polar surface area (TPSA) is 35.2 Å². The Morgan fingerprint density at radius 3 is 2.55 bits per heavy atom. The Morgan fingerprint density at radius 2 is 1.85 bits per heavy atom. The minimum Gasteiger partial charge on any atom is -0.494 e. The van der Waals surface area contributed by atoms with E-state index in [9.17, 15) is 0 Å². The molecule has 0 fully saturated rings. The molecule has 0 bridgehead atoms. The molecule has 2 aromatic rings. The Hall–Kier alpha value is -1.32. The summed E-state index contributed by atoms with van der Waals surface area (Å²) >= 11 is 3.51. The monoisotopic (exact) mass is 333 g/mol. The molecule has 1 atom stereocenters. The Morgan fingerprint density at radius 1 is 1.10 bits per heavy atom. The van der Waals surface area contributed by atoms with Gasteiger partial charge in [-0.2, -0.15) is 0 Å². The van der Waals surface area contributed by atoms with E-state index in [2.05, 4.69) is 54.0 Å². The van der Waals surface area contributed by atoms with Crippen LogP contribution in [0.3, 0.4) is 0 Å². The van der Waals surface area contributed by atoms with Crippen LogP contribution in [-0.2, 0) is 0 Å². The summed E-state index contributed by atoms with van der Waals surface area (Å²) in [5, 5.41) is 0. The van der Waals surface area contributed by atoms with Gasteiger partial charge in [0.25, 0.3) is 0 Å². The molecule has 0 aromatic heterocycles. The molecule has 0 amide bonds. The van der Waals surface area contributed by atoms with Crippen molar-refractivity contribution in [3.05, 3.63) is 63.1 Å². The van der Waals surface area contributed by atoms with Crippen LogP contribution in [0.5, 0.6) is 5.75 Å². The minimum absolute atomic E-state index is 0.186. The first-order chi connectivity index (χ1) is 9.52. The number of ether oxygens (including phenoxy) is 1. The van der Waals surface area contributed by atoms with E-state index in [-0.39, 0.29) is 6.04 Å². The van der Waals surface area contributed by atoms with Crippen molar-refractivity contribution in [2.45, 2.75) is 26.8 Å². The maximum absolute atomic E-state index is 6.49. The zero-order chi connectivity index (χ0) is 14.7. The van der Waals surface area contributed by atoms with E-state index < -0.39 is 0 Å². The van der Waals surface area contributed by atoms with Gasteiger partial charge >= 0.3 is 0 Å². The summed E-state index contributed by atoms with van der Waals surface area (Å²) in [5.74, 6) is 0.866. The van der Waals surface area contributed by atoms with E-state index in [1.165, 1.54) is 11.1 Å². The van der Waals surface area contributed by atoms with Crippen molar-refractivity contribution in [2.75, 3.05) is 6.61 Å². The molecule has 0 aliphatic heterocycles. The van der Waals surface area contributed by atoms with E-state index in [1.807, 2.05) is 19.1 Å². The minimum atomic E-state index is -0.186. The highest BCUT2D eigenvalue weighted by Crippen LogP contribution is 2.32. The van der Waals surface area contributed by atoms with Crippen LogP contribution in [0.15, 0.2) is 40.9 Å². The quantitative estimate of drug-likeness (QED) is 0.893. The lowest BCUT2D eigenvalue weighted by Crippen LogP contribution is -2.15. The lowest BCUT2D eigenvalue weighted by molar-refractivity contribution is 0.335. The van der Waals surface area contributed by atoms with Gasteiger partial charge in [0.1, 0.15) is 5.75 Å². The van der Waals surface area contributed by atoms with E-state index in [4.69, 9.17) is 10.5 Å². The van der Waals surface area contributed by atoms with Gasteiger partial charge < -0.3 is 10.5 Å². The van der Waals surface area contributed by atoms with Crippen LogP contribution in [0.2, 0.25) is 0 Å². The summed E-state index contributed by atoms with van der Waals surface area (Å²) in [6.07, 6.45) is 0. The van der Waals surface area contributed by atoms with Gasteiger partial charge in [-0.25, -0.2) is 0 Å². The number of hydrogen-bond donors (Lipinski definition) is 1. The molecular formula is C17H20BrNO. The Bertz CT molecular complexity index is 610. The highest BCUT2D eigenvalue weighted by atomic mass is 79.9. The molecule has 0 aliphatic rings. The van der Waals surface area contributed by atoms with E-state index >= 15 is 0 Å². The van der Waals surface area contributed by atoms with Crippen molar-refractivity contribution in [1.29, 1.82) is 0 Å². The van der Waals surface area contributed by atoms with Crippen LogP contribution in [0, 0.1) is 13.8 Å². The van der Waals surface area contributed by atoms with Gasteiger partial charge in [0.05, 0.1) is 12.6 Å². The van der Waals surface area contributed by atoms with E-state index in [0.29, 0.717) is 6.61 Å². The molecule has 0 spiro atoms. The van der Waals surface area contributed by atoms with Crippen molar-refractivity contribution in [3.63, 3.8) is 0 Å². The summed E-state index contributed by atoms with van der Waals surface area (Å²) in [7, 11) is 0. The first-order valence-corrected chi connectivity index (χ1v) is 7.57. The number of rotatable bonds is 4. The summed E-state index contributed by atoms with van der Waals surface area (Å²) in [5.41, 5.74) is 11.0. The molecule has 2 N–H and O–H groups in total. The molecule has 0 aliphatic carbocycles. The van der Waals surface area contributed by atoms with Gasteiger partial charge in [-0.05, 0) is 50.1 Å². The van der Waals surface area contributed by atoms with E-state index in [0.717, 1.165) is 21.3 Å². The maximum Gasteiger partial charge on any atom is 0.124 e. The van der Waals surface area contributed by atoms with Crippen LogP contribution in [0.25, 0.3) is 0 Å². The molecule has 2 aromatic carbocycles. The number of aryl methyl sites for hydroxylation is 2. The molecule has 2 nitrogen and oxygen atoms in total. The Balaban J connectivity index is 2.49. The summed E-state index contributed by atoms with van der Waals surface area (Å²) in [6.45, 7) is 6.78. The lowest BCUT2D eigenvalue weighted by Gasteiger charge is -2.19. The van der Waals surface area contributed by atoms with Crippen molar-refractivity contribution in [3.8, 4) is 5.75 Å². The molecule has 0 saturated carbocycles. The van der Waals surface area contributed by atoms with Crippen LogP contribution in [0.1, 0.15) is 35.2 Å². The van der Waals surface area contributed by atoms with E-state index in [1.54, 1.807) is 0 Å². The number of benzene rings is 2. The van der Waals surface area contributed by atoms with Crippen LogP contribution in [0.4, 0.5) is 0 Å². The fourth-order valence-electron chi connectivity index (χ4n) is 2.31. The molecule has 0 saturated heterocycles. The molecule has 0 radical (unpaired) electrons. The van der Waals surface area contributed by atoms with Crippen molar-refractivity contribution < 1.29 is 4.74 Å². The van der Waals surface area contributed by atoms with Crippen molar-refractivity contribution >= 4 is 15.9 Å². The molecule has 3 heteroatoms. The number of hydrogen-bond acceptors (Lipinski definition) is 2. The van der Waals surface area contributed by atoms with Gasteiger partial charge in [0, 0.05) is 10.0 Å². The lowest BCUT2D eigenvalue weighted by atomic mass is 9.94. The molecule has 1 unspecified atom stereocenters. The maximum atomic E-state index is 6.49. The third kappa shape index (κ3) is 3.22. The third-order valence-corrected chi connectivity index (χ3v) is 3.87. The van der Waals surface area contributed by atoms with Crippen LogP contribution < -0.4 is 10.5 Å². The van der Waals surface area contributed by atoms with Gasteiger partial charge in [0.2, 0.25) is 0 Å². The van der Waals surface area contributed by atoms with Crippen molar-refractivity contribution in [2.24, 2.45) is 5.73 Å². The predicted molar refractivity (Wildman–Crippen MR) is 87.3 cm³/mol. The number of nitrogens with two attached hydrogens (primary N) is 1. The summed E-state index contributed by atoms with van der Waals surface area (Å²) < 4.78 is 6.75. The molecule has 2 rings (SSSR count). The zero-order valence-corrected chi connectivity index (χ0v) is 13.7. The highest BCUT2D eigenvalue weighted by Gasteiger charge is 2.16. The van der Waals surface area contributed by atoms with Gasteiger partial charge in [-0.3, -0.25) is 0 Å². The molecule has 0 heterocycles. The number of halogens is 1. The third-order valence-electron chi connectivity index (χ3n) is 3.38. The average Bonchev–Trinajstić information content (AvgIpc) is 2.43. The normalized spacial score (nSPS) is 12.2. The van der Waals surface area contributed by atoms with Gasteiger partial charge in [0.15, 0.2) is 0 Å².